The molecule has 0 heterocycles. The number of hydrogen-bond donors (Lipinski definition) is 0. The molecular weight excluding hydrogens is 260 g/mol. The molecular formula is C14H12N2O4. The maximum atomic E-state index is 11.3. The highest BCUT2D eigenvalue weighted by Crippen LogP contribution is 2.41. The van der Waals surface area contributed by atoms with Crippen molar-refractivity contribution in [2.45, 2.75) is 13.8 Å². The molecule has 2 aromatic rings. The normalized spacial score (nSPS) is 10.3. The molecule has 0 aliphatic rings. The standard InChI is InChI=1S/C14H12N2O4/c1-9-8-12(11-6-4-3-5-7-11)14(16(19)20)13(10(9)2)15(17)18/h3-8H,1-2H3. The van der Waals surface area contributed by atoms with Crippen LogP contribution in [0.15, 0.2) is 36.4 Å². The Labute approximate surface area is 115 Å². The smallest absolute Gasteiger partial charge is 0.258 e. The van der Waals surface area contributed by atoms with Gasteiger partial charge in [-0.3, -0.25) is 20.2 Å². The van der Waals surface area contributed by atoms with E-state index in [2.05, 4.69) is 0 Å². The first-order valence-electron chi connectivity index (χ1n) is 5.92. The molecule has 0 bridgehead atoms. The van der Waals surface area contributed by atoms with Gasteiger partial charge in [-0.2, -0.15) is 0 Å². The van der Waals surface area contributed by atoms with E-state index in [1.54, 1.807) is 43.3 Å². The molecule has 0 atom stereocenters. The number of nitro groups is 2. The Hall–Kier alpha value is -2.76. The zero-order valence-electron chi connectivity index (χ0n) is 11.0. The fourth-order valence-electron chi connectivity index (χ4n) is 2.13. The Morgan fingerprint density at radius 2 is 1.45 bits per heavy atom. The lowest BCUT2D eigenvalue weighted by Crippen LogP contribution is -2.03. The van der Waals surface area contributed by atoms with Gasteiger partial charge in [0, 0.05) is 5.56 Å². The van der Waals surface area contributed by atoms with E-state index in [1.165, 1.54) is 6.92 Å². The summed E-state index contributed by atoms with van der Waals surface area (Å²) in [5.41, 5.74) is 0.941. The Morgan fingerprint density at radius 1 is 0.900 bits per heavy atom. The quantitative estimate of drug-likeness (QED) is 0.628. The monoisotopic (exact) mass is 272 g/mol. The number of nitro benzene ring substituents is 2. The first kappa shape index (κ1) is 13.7. The van der Waals surface area contributed by atoms with Crippen molar-refractivity contribution in [1.82, 2.24) is 0 Å². The highest BCUT2D eigenvalue weighted by Gasteiger charge is 2.32. The zero-order valence-corrected chi connectivity index (χ0v) is 11.0. The Balaban J connectivity index is 2.88. The van der Waals surface area contributed by atoms with Crippen LogP contribution in [0.3, 0.4) is 0 Å². The van der Waals surface area contributed by atoms with Gasteiger partial charge in [0.1, 0.15) is 0 Å². The third-order valence-electron chi connectivity index (χ3n) is 3.24. The molecule has 0 spiro atoms. The summed E-state index contributed by atoms with van der Waals surface area (Å²) in [5.74, 6) is 0. The van der Waals surface area contributed by atoms with Crippen molar-refractivity contribution in [1.29, 1.82) is 0 Å². The maximum Gasteiger partial charge on any atom is 0.354 e. The largest absolute Gasteiger partial charge is 0.354 e. The van der Waals surface area contributed by atoms with Crippen molar-refractivity contribution in [3.8, 4) is 11.1 Å². The Kier molecular flexibility index (Phi) is 3.47. The SMILES string of the molecule is Cc1cc(-c2ccccc2)c([N+](=O)[O-])c([N+](=O)[O-])c1C. The van der Waals surface area contributed by atoms with E-state index in [-0.39, 0.29) is 5.56 Å². The molecule has 0 radical (unpaired) electrons. The van der Waals surface area contributed by atoms with Gasteiger partial charge in [0.15, 0.2) is 0 Å². The van der Waals surface area contributed by atoms with Crippen LogP contribution in [0.2, 0.25) is 0 Å². The van der Waals surface area contributed by atoms with Crippen LogP contribution in [0.25, 0.3) is 11.1 Å². The van der Waals surface area contributed by atoms with Crippen molar-refractivity contribution < 1.29 is 9.85 Å². The van der Waals surface area contributed by atoms with Crippen molar-refractivity contribution >= 4 is 11.4 Å². The van der Waals surface area contributed by atoms with Gasteiger partial charge in [0.2, 0.25) is 0 Å². The molecule has 0 saturated carbocycles. The lowest BCUT2D eigenvalue weighted by Gasteiger charge is -2.08. The van der Waals surface area contributed by atoms with E-state index < -0.39 is 21.2 Å². The number of hydrogen-bond acceptors (Lipinski definition) is 4. The van der Waals surface area contributed by atoms with E-state index in [0.29, 0.717) is 16.7 Å². The van der Waals surface area contributed by atoms with Crippen LogP contribution >= 0.6 is 0 Å². The average molecular weight is 272 g/mol. The lowest BCUT2D eigenvalue weighted by atomic mass is 9.96. The third-order valence-corrected chi connectivity index (χ3v) is 3.24. The van der Waals surface area contributed by atoms with E-state index in [0.717, 1.165) is 0 Å². The van der Waals surface area contributed by atoms with E-state index in [1.807, 2.05) is 0 Å². The first-order chi connectivity index (χ1) is 9.43. The van der Waals surface area contributed by atoms with Gasteiger partial charge in [0.25, 0.3) is 0 Å². The first-order valence-corrected chi connectivity index (χ1v) is 5.92. The topological polar surface area (TPSA) is 86.3 Å². The highest BCUT2D eigenvalue weighted by atomic mass is 16.6. The summed E-state index contributed by atoms with van der Waals surface area (Å²) >= 11 is 0. The van der Waals surface area contributed by atoms with Gasteiger partial charge in [0.05, 0.1) is 15.4 Å². The maximum absolute atomic E-state index is 11.3. The number of benzene rings is 2. The van der Waals surface area contributed by atoms with Gasteiger partial charge < -0.3 is 0 Å². The van der Waals surface area contributed by atoms with Gasteiger partial charge in [-0.25, -0.2) is 0 Å². The van der Waals surface area contributed by atoms with E-state index in [4.69, 9.17) is 0 Å². The fraction of sp³-hybridized carbons (Fsp3) is 0.143. The molecule has 6 nitrogen and oxygen atoms in total. The molecule has 2 aromatic carbocycles. The molecule has 102 valence electrons. The number of aryl methyl sites for hydroxylation is 1. The summed E-state index contributed by atoms with van der Waals surface area (Å²) in [6.07, 6.45) is 0. The van der Waals surface area contributed by atoms with Gasteiger partial charge >= 0.3 is 11.4 Å². The minimum Gasteiger partial charge on any atom is -0.258 e. The van der Waals surface area contributed by atoms with Crippen LogP contribution in [0.4, 0.5) is 11.4 Å². The summed E-state index contributed by atoms with van der Waals surface area (Å²) in [6, 6.07) is 10.3. The third kappa shape index (κ3) is 2.23. The molecule has 20 heavy (non-hydrogen) atoms. The van der Waals surface area contributed by atoms with Gasteiger partial charge in [-0.05, 0) is 31.0 Å². The van der Waals surface area contributed by atoms with Crippen molar-refractivity contribution in [3.05, 3.63) is 67.8 Å². The second-order valence-electron chi connectivity index (χ2n) is 4.44. The van der Waals surface area contributed by atoms with Crippen LogP contribution in [0, 0.1) is 34.1 Å². The van der Waals surface area contributed by atoms with Crippen LogP contribution in [-0.2, 0) is 0 Å². The second-order valence-corrected chi connectivity index (χ2v) is 4.44. The summed E-state index contributed by atoms with van der Waals surface area (Å²) in [5, 5.41) is 22.5. The summed E-state index contributed by atoms with van der Waals surface area (Å²) in [4.78, 5) is 21.1. The van der Waals surface area contributed by atoms with Crippen LogP contribution in [0.1, 0.15) is 11.1 Å². The molecule has 2 rings (SSSR count). The number of nitrogens with zero attached hydrogens (tertiary/aromatic N) is 2. The predicted octanol–water partition coefficient (Wildman–Crippen LogP) is 3.79. The Bertz CT molecular complexity index is 696. The van der Waals surface area contributed by atoms with Crippen LogP contribution < -0.4 is 0 Å². The number of rotatable bonds is 3. The van der Waals surface area contributed by atoms with Gasteiger partial charge in [-0.1, -0.05) is 30.3 Å². The van der Waals surface area contributed by atoms with Crippen molar-refractivity contribution in [2.24, 2.45) is 0 Å². The molecule has 0 amide bonds. The fourth-order valence-corrected chi connectivity index (χ4v) is 2.13. The summed E-state index contributed by atoms with van der Waals surface area (Å²) < 4.78 is 0. The predicted molar refractivity (Wildman–Crippen MR) is 74.7 cm³/mol. The lowest BCUT2D eigenvalue weighted by molar-refractivity contribution is -0.422. The summed E-state index contributed by atoms with van der Waals surface area (Å²) in [6.45, 7) is 3.23. The molecule has 0 N–H and O–H groups in total. The Morgan fingerprint density at radius 3 is 1.95 bits per heavy atom. The molecule has 0 aliphatic heterocycles. The molecule has 0 aromatic heterocycles. The second kappa shape index (κ2) is 5.08. The van der Waals surface area contributed by atoms with Crippen LogP contribution in [0.5, 0.6) is 0 Å². The molecule has 0 fully saturated rings. The van der Waals surface area contributed by atoms with E-state index >= 15 is 0 Å². The minimum atomic E-state index is -0.688. The summed E-state index contributed by atoms with van der Waals surface area (Å²) in [7, 11) is 0. The van der Waals surface area contributed by atoms with Gasteiger partial charge in [-0.15, -0.1) is 0 Å². The molecule has 0 saturated heterocycles. The molecule has 0 aliphatic carbocycles. The van der Waals surface area contributed by atoms with Crippen molar-refractivity contribution in [3.63, 3.8) is 0 Å². The van der Waals surface area contributed by atoms with Crippen molar-refractivity contribution in [2.75, 3.05) is 0 Å². The average Bonchev–Trinajstić information content (AvgIpc) is 2.41. The van der Waals surface area contributed by atoms with Crippen LogP contribution in [-0.4, -0.2) is 9.85 Å². The van der Waals surface area contributed by atoms with E-state index in [9.17, 15) is 20.2 Å². The molecule has 6 heteroatoms. The minimum absolute atomic E-state index is 0.269. The zero-order chi connectivity index (χ0) is 14.9. The molecule has 0 unspecified atom stereocenters. The highest BCUT2D eigenvalue weighted by molar-refractivity contribution is 5.82.